The monoisotopic (exact) mass is 396 g/mol. The molecule has 2 rings (SSSR count). The minimum absolute atomic E-state index is 0.0884. The summed E-state index contributed by atoms with van der Waals surface area (Å²) in [6.07, 6.45) is 0. The fraction of sp³-hybridized carbons (Fsp3) is 0.278. The van der Waals surface area contributed by atoms with Gasteiger partial charge in [-0.2, -0.15) is 4.31 Å². The Bertz CT molecular complexity index is 929. The lowest BCUT2D eigenvalue weighted by Crippen LogP contribution is -2.35. The Morgan fingerprint density at radius 1 is 1.19 bits per heavy atom. The van der Waals surface area contributed by atoms with Crippen LogP contribution >= 0.6 is 11.6 Å². The Kier molecular flexibility index (Phi) is 6.28. The van der Waals surface area contributed by atoms with Crippen molar-refractivity contribution in [2.24, 2.45) is 0 Å². The molecule has 0 heterocycles. The van der Waals surface area contributed by atoms with Crippen LogP contribution in [0.5, 0.6) is 5.75 Å². The van der Waals surface area contributed by atoms with Crippen molar-refractivity contribution in [3.63, 3.8) is 0 Å². The number of halogens is 1. The van der Waals surface area contributed by atoms with Gasteiger partial charge in [-0.15, -0.1) is 0 Å². The predicted octanol–water partition coefficient (Wildman–Crippen LogP) is 3.22. The van der Waals surface area contributed by atoms with Crippen molar-refractivity contribution in [3.8, 4) is 5.75 Å². The number of aryl methyl sites for hydroxylation is 2. The molecule has 0 bridgehead atoms. The van der Waals surface area contributed by atoms with E-state index in [0.29, 0.717) is 5.69 Å². The lowest BCUT2D eigenvalue weighted by molar-refractivity contribution is -0.116. The van der Waals surface area contributed by atoms with E-state index in [2.05, 4.69) is 5.32 Å². The highest BCUT2D eigenvalue weighted by atomic mass is 35.5. The molecule has 0 aliphatic carbocycles. The van der Waals surface area contributed by atoms with Gasteiger partial charge in [0.2, 0.25) is 15.9 Å². The fourth-order valence-electron chi connectivity index (χ4n) is 2.37. The maximum absolute atomic E-state index is 12.8. The highest BCUT2D eigenvalue weighted by molar-refractivity contribution is 7.89. The molecular formula is C18H21ClN2O4S. The number of hydrogen-bond acceptors (Lipinski definition) is 4. The number of hydrogen-bond donors (Lipinski definition) is 1. The minimum Gasteiger partial charge on any atom is -0.495 e. The van der Waals surface area contributed by atoms with Crippen LogP contribution in [-0.2, 0) is 14.8 Å². The van der Waals surface area contributed by atoms with Gasteiger partial charge in [-0.3, -0.25) is 4.79 Å². The third kappa shape index (κ3) is 4.55. The van der Waals surface area contributed by atoms with Gasteiger partial charge in [0.25, 0.3) is 0 Å². The van der Waals surface area contributed by atoms with E-state index >= 15 is 0 Å². The number of anilines is 1. The summed E-state index contributed by atoms with van der Waals surface area (Å²) in [6.45, 7) is 3.44. The van der Waals surface area contributed by atoms with Crippen molar-refractivity contribution in [1.82, 2.24) is 4.31 Å². The van der Waals surface area contributed by atoms with Crippen molar-refractivity contribution in [2.45, 2.75) is 18.7 Å². The van der Waals surface area contributed by atoms with Crippen molar-refractivity contribution in [2.75, 3.05) is 26.0 Å². The SMILES string of the molecule is COc1ccc(Cl)cc1S(=O)(=O)N(C)CC(=O)Nc1cc(C)ccc1C. The first kappa shape index (κ1) is 20.2. The zero-order valence-corrected chi connectivity index (χ0v) is 16.6. The molecule has 0 fully saturated rings. The number of carbonyl (C=O) groups is 1. The lowest BCUT2D eigenvalue weighted by atomic mass is 10.1. The number of ether oxygens (including phenoxy) is 1. The number of sulfonamides is 1. The smallest absolute Gasteiger partial charge is 0.247 e. The molecule has 26 heavy (non-hydrogen) atoms. The molecule has 0 spiro atoms. The van der Waals surface area contributed by atoms with Gasteiger partial charge in [0.05, 0.1) is 13.7 Å². The van der Waals surface area contributed by atoms with Crippen LogP contribution in [0.25, 0.3) is 0 Å². The summed E-state index contributed by atoms with van der Waals surface area (Å²) in [5, 5.41) is 3.00. The van der Waals surface area contributed by atoms with Crippen LogP contribution in [0.3, 0.4) is 0 Å². The summed E-state index contributed by atoms with van der Waals surface area (Å²) in [5.74, 6) is -0.276. The summed E-state index contributed by atoms with van der Waals surface area (Å²) >= 11 is 5.91. The van der Waals surface area contributed by atoms with E-state index in [9.17, 15) is 13.2 Å². The molecule has 2 aromatic rings. The maximum atomic E-state index is 12.8. The van der Waals surface area contributed by atoms with E-state index in [-0.39, 0.29) is 22.2 Å². The van der Waals surface area contributed by atoms with Gasteiger partial charge in [0.1, 0.15) is 10.6 Å². The van der Waals surface area contributed by atoms with Gasteiger partial charge >= 0.3 is 0 Å². The number of likely N-dealkylation sites (N-methyl/N-ethyl adjacent to an activating group) is 1. The summed E-state index contributed by atoms with van der Waals surface area (Å²) in [7, 11) is -1.24. The molecule has 0 aliphatic heterocycles. The Morgan fingerprint density at radius 3 is 2.54 bits per heavy atom. The van der Waals surface area contributed by atoms with E-state index in [1.165, 1.54) is 32.4 Å². The van der Waals surface area contributed by atoms with E-state index in [1.807, 2.05) is 32.0 Å². The first-order chi connectivity index (χ1) is 12.1. The predicted molar refractivity (Wildman–Crippen MR) is 102 cm³/mol. The van der Waals surface area contributed by atoms with E-state index in [0.717, 1.165) is 15.4 Å². The minimum atomic E-state index is -3.95. The van der Waals surface area contributed by atoms with Gasteiger partial charge in [-0.1, -0.05) is 23.7 Å². The third-order valence-corrected chi connectivity index (χ3v) is 5.91. The van der Waals surface area contributed by atoms with Gasteiger partial charge in [-0.05, 0) is 49.2 Å². The Hall–Kier alpha value is -2.09. The van der Waals surface area contributed by atoms with Gasteiger partial charge in [0, 0.05) is 17.8 Å². The molecule has 6 nitrogen and oxygen atoms in total. The second-order valence-corrected chi connectivity index (χ2v) is 8.37. The van der Waals surface area contributed by atoms with Crippen LogP contribution < -0.4 is 10.1 Å². The van der Waals surface area contributed by atoms with E-state index in [1.54, 1.807) is 0 Å². The zero-order valence-electron chi connectivity index (χ0n) is 15.0. The highest BCUT2D eigenvalue weighted by Crippen LogP contribution is 2.29. The van der Waals surface area contributed by atoms with Gasteiger partial charge in [0.15, 0.2) is 0 Å². The molecule has 0 atom stereocenters. The Morgan fingerprint density at radius 2 is 1.88 bits per heavy atom. The van der Waals surface area contributed by atoms with E-state index < -0.39 is 15.9 Å². The average Bonchev–Trinajstić information content (AvgIpc) is 2.58. The molecule has 0 radical (unpaired) electrons. The second-order valence-electron chi connectivity index (χ2n) is 5.92. The number of carbonyl (C=O) groups excluding carboxylic acids is 1. The Balaban J connectivity index is 2.20. The van der Waals surface area contributed by atoms with Gasteiger partial charge in [-0.25, -0.2) is 8.42 Å². The van der Waals surface area contributed by atoms with Crippen LogP contribution in [0.4, 0.5) is 5.69 Å². The number of nitrogens with one attached hydrogen (secondary N) is 1. The van der Waals surface area contributed by atoms with Crippen LogP contribution in [0.1, 0.15) is 11.1 Å². The topological polar surface area (TPSA) is 75.7 Å². The van der Waals surface area contributed by atoms with Crippen molar-refractivity contribution < 1.29 is 17.9 Å². The first-order valence-corrected chi connectivity index (χ1v) is 9.64. The molecule has 1 amide bonds. The summed E-state index contributed by atoms with van der Waals surface area (Å²) in [5.41, 5.74) is 2.54. The van der Waals surface area contributed by atoms with Crippen molar-refractivity contribution >= 4 is 33.2 Å². The Labute approximate surface area is 158 Å². The van der Waals surface area contributed by atoms with Crippen LogP contribution in [0, 0.1) is 13.8 Å². The summed E-state index contributed by atoms with van der Waals surface area (Å²) in [6, 6.07) is 9.97. The van der Waals surface area contributed by atoms with Crippen LogP contribution in [0.2, 0.25) is 5.02 Å². The van der Waals surface area contributed by atoms with Crippen molar-refractivity contribution in [1.29, 1.82) is 0 Å². The summed E-state index contributed by atoms with van der Waals surface area (Å²) in [4.78, 5) is 12.2. The van der Waals surface area contributed by atoms with Gasteiger partial charge < -0.3 is 10.1 Å². The second kappa shape index (κ2) is 8.07. The molecule has 1 N–H and O–H groups in total. The third-order valence-electron chi connectivity index (χ3n) is 3.85. The molecule has 0 saturated heterocycles. The maximum Gasteiger partial charge on any atom is 0.247 e. The normalized spacial score (nSPS) is 11.5. The number of benzene rings is 2. The zero-order chi connectivity index (χ0) is 19.5. The molecule has 140 valence electrons. The largest absolute Gasteiger partial charge is 0.495 e. The standard InChI is InChI=1S/C18H21ClN2O4S/c1-12-5-6-13(2)15(9-12)20-18(22)11-21(3)26(23,24)17-10-14(19)7-8-16(17)25-4/h5-10H,11H2,1-4H3,(H,20,22). The number of methoxy groups -OCH3 is 1. The van der Waals surface area contributed by atoms with Crippen LogP contribution in [0.15, 0.2) is 41.3 Å². The highest BCUT2D eigenvalue weighted by Gasteiger charge is 2.27. The van der Waals surface area contributed by atoms with Crippen LogP contribution in [-0.4, -0.2) is 39.3 Å². The molecule has 0 saturated carbocycles. The number of nitrogens with zero attached hydrogens (tertiary/aromatic N) is 1. The quantitative estimate of drug-likeness (QED) is 0.813. The molecule has 0 unspecified atom stereocenters. The summed E-state index contributed by atoms with van der Waals surface area (Å²) < 4.78 is 31.6. The van der Waals surface area contributed by atoms with Crippen molar-refractivity contribution in [3.05, 3.63) is 52.5 Å². The van der Waals surface area contributed by atoms with E-state index in [4.69, 9.17) is 16.3 Å². The fourth-order valence-corrected chi connectivity index (χ4v) is 3.91. The lowest BCUT2D eigenvalue weighted by Gasteiger charge is -2.19. The average molecular weight is 397 g/mol. The molecule has 8 heteroatoms. The number of rotatable bonds is 6. The molecule has 0 aliphatic rings. The molecule has 2 aromatic carbocycles. The first-order valence-electron chi connectivity index (χ1n) is 7.82. The molecule has 0 aromatic heterocycles. The molecular weight excluding hydrogens is 376 g/mol. The number of amides is 1.